The summed E-state index contributed by atoms with van der Waals surface area (Å²) in [6.07, 6.45) is 0. The summed E-state index contributed by atoms with van der Waals surface area (Å²) in [7, 11) is 0. The summed E-state index contributed by atoms with van der Waals surface area (Å²) in [5.74, 6) is 0. The highest BCUT2D eigenvalue weighted by atomic mass is 35.5. The third kappa shape index (κ3) is 2.21. The third-order valence-electron chi connectivity index (χ3n) is 0.0772. The maximum absolute atomic E-state index is 4.81. The molecule has 0 bridgehead atoms. The predicted molar refractivity (Wildman–Crippen MR) is 18.0 cm³/mol. The molecule has 0 rings (SSSR count). The maximum atomic E-state index is 4.81. The number of nitrogens with one attached hydrogen (secondary N) is 1. The summed E-state index contributed by atoms with van der Waals surface area (Å²) in [5.41, 5.74) is 4.78. The fourth-order valence-electron chi connectivity index (χ4n) is 0. The minimum absolute atomic E-state index is 0.335. The van der Waals surface area contributed by atoms with E-state index in [9.17, 15) is 0 Å². The van der Waals surface area contributed by atoms with Gasteiger partial charge >= 0.3 is 0 Å². The van der Waals surface area contributed by atoms with E-state index < -0.39 is 0 Å². The van der Waals surface area contributed by atoms with E-state index in [0.717, 1.165) is 0 Å². The van der Waals surface area contributed by atoms with Crippen molar-refractivity contribution in [3.05, 3.63) is 0 Å². The standard InChI is InChI=1S/CH5ClN2/c2-4-1-3/h4H,1,3H2. The molecule has 0 saturated heterocycles. The van der Waals surface area contributed by atoms with Crippen LogP contribution in [0.25, 0.3) is 0 Å². The molecule has 0 aliphatic carbocycles. The van der Waals surface area contributed by atoms with Crippen molar-refractivity contribution in [3.63, 3.8) is 0 Å². The molecule has 0 unspecified atom stereocenters. The highest BCUT2D eigenvalue weighted by Gasteiger charge is 1.52. The van der Waals surface area contributed by atoms with E-state index >= 15 is 0 Å². The molecule has 0 aromatic rings. The second-order valence-electron chi connectivity index (χ2n) is 0.338. The van der Waals surface area contributed by atoms with Crippen LogP contribution in [0.1, 0.15) is 0 Å². The Bertz CT molecular complexity index is 8.00. The second-order valence-corrected chi connectivity index (χ2v) is 0.605. The van der Waals surface area contributed by atoms with Crippen LogP contribution in [0.4, 0.5) is 0 Å². The molecule has 0 radical (unpaired) electrons. The van der Waals surface area contributed by atoms with Crippen LogP contribution in [0.15, 0.2) is 0 Å². The summed E-state index contributed by atoms with van der Waals surface area (Å²) in [4.78, 5) is 2.18. The molecule has 0 fully saturated rings. The lowest BCUT2D eigenvalue weighted by Gasteiger charge is -1.73. The molecule has 0 saturated carbocycles. The van der Waals surface area contributed by atoms with Crippen LogP contribution in [0.3, 0.4) is 0 Å². The summed E-state index contributed by atoms with van der Waals surface area (Å²) in [5, 5.41) is 0. The van der Waals surface area contributed by atoms with Crippen molar-refractivity contribution in [2.75, 3.05) is 6.67 Å². The van der Waals surface area contributed by atoms with E-state index in [2.05, 4.69) is 4.84 Å². The van der Waals surface area contributed by atoms with E-state index in [0.29, 0.717) is 6.67 Å². The van der Waals surface area contributed by atoms with Gasteiger partial charge in [0.05, 0.1) is 6.67 Å². The Morgan fingerprint density at radius 3 is 2.25 bits per heavy atom. The smallest absolute Gasteiger partial charge is 0.0573 e. The van der Waals surface area contributed by atoms with Gasteiger partial charge in [0.2, 0.25) is 0 Å². The first-order valence-corrected chi connectivity index (χ1v) is 1.33. The van der Waals surface area contributed by atoms with Crippen LogP contribution in [0.2, 0.25) is 0 Å². The quantitative estimate of drug-likeness (QED) is 0.334. The van der Waals surface area contributed by atoms with E-state index in [1.54, 1.807) is 0 Å². The van der Waals surface area contributed by atoms with Crippen LogP contribution in [0.5, 0.6) is 0 Å². The summed E-state index contributed by atoms with van der Waals surface area (Å²) >= 11 is 4.81. The number of halogens is 1. The van der Waals surface area contributed by atoms with E-state index in [1.165, 1.54) is 0 Å². The van der Waals surface area contributed by atoms with Crippen molar-refractivity contribution < 1.29 is 0 Å². The van der Waals surface area contributed by atoms with Crippen molar-refractivity contribution in [2.24, 2.45) is 5.73 Å². The van der Waals surface area contributed by atoms with Crippen molar-refractivity contribution in [1.82, 2.24) is 4.84 Å². The van der Waals surface area contributed by atoms with Gasteiger partial charge in [-0.05, 0) is 11.8 Å². The van der Waals surface area contributed by atoms with Gasteiger partial charge in [-0.25, -0.2) is 4.84 Å². The molecule has 0 heterocycles. The van der Waals surface area contributed by atoms with Gasteiger partial charge in [-0.2, -0.15) is 0 Å². The molecule has 3 N–H and O–H groups in total. The first-order valence-electron chi connectivity index (χ1n) is 0.951. The normalized spacial score (nSPS) is 7.50. The minimum Gasteiger partial charge on any atom is -0.318 e. The SMILES string of the molecule is NCNCl. The Balaban J connectivity index is 1.97. The Kier molecular flexibility index (Phi) is 3.38. The molecular weight excluding hydrogens is 75.5 g/mol. The first kappa shape index (κ1) is 4.21. The zero-order chi connectivity index (χ0) is 3.41. The van der Waals surface area contributed by atoms with Gasteiger partial charge in [-0.1, -0.05) is 0 Å². The van der Waals surface area contributed by atoms with Crippen LogP contribution >= 0.6 is 11.8 Å². The molecule has 0 aromatic heterocycles. The second kappa shape index (κ2) is 3.21. The van der Waals surface area contributed by atoms with Crippen LogP contribution < -0.4 is 10.6 Å². The number of rotatable bonds is 1. The molecule has 0 aromatic carbocycles. The minimum atomic E-state index is 0.335. The van der Waals surface area contributed by atoms with Crippen LogP contribution in [-0.4, -0.2) is 6.67 Å². The van der Waals surface area contributed by atoms with Crippen molar-refractivity contribution in [3.8, 4) is 0 Å². The van der Waals surface area contributed by atoms with Gasteiger partial charge in [0.15, 0.2) is 0 Å². The average molecular weight is 80.5 g/mol. The Hall–Kier alpha value is 0.210. The fourth-order valence-corrected chi connectivity index (χ4v) is 0. The Morgan fingerprint density at radius 2 is 2.25 bits per heavy atom. The fraction of sp³-hybridized carbons (Fsp3) is 1.00. The molecule has 2 nitrogen and oxygen atoms in total. The summed E-state index contributed by atoms with van der Waals surface area (Å²) in [6, 6.07) is 0. The lowest BCUT2D eigenvalue weighted by atomic mass is 11.3. The topological polar surface area (TPSA) is 38.0 Å². The first-order chi connectivity index (χ1) is 1.91. The van der Waals surface area contributed by atoms with Crippen molar-refractivity contribution in [1.29, 1.82) is 0 Å². The zero-order valence-electron chi connectivity index (χ0n) is 2.16. The number of hydrogen-bond donors (Lipinski definition) is 2. The van der Waals surface area contributed by atoms with E-state index in [1.807, 2.05) is 0 Å². The lowest BCUT2D eigenvalue weighted by molar-refractivity contribution is 0.973. The maximum Gasteiger partial charge on any atom is 0.0573 e. The van der Waals surface area contributed by atoms with Gasteiger partial charge in [0.1, 0.15) is 0 Å². The molecule has 4 heavy (non-hydrogen) atoms. The van der Waals surface area contributed by atoms with E-state index in [4.69, 9.17) is 17.5 Å². The number of nitrogens with two attached hydrogens (primary N) is 1. The molecule has 3 heteroatoms. The Labute approximate surface area is 30.0 Å². The molecule has 0 aliphatic rings. The molecule has 0 amide bonds. The monoisotopic (exact) mass is 80.0 g/mol. The largest absolute Gasteiger partial charge is 0.318 e. The molecule has 0 aliphatic heterocycles. The van der Waals surface area contributed by atoms with Crippen LogP contribution in [-0.2, 0) is 0 Å². The van der Waals surface area contributed by atoms with Gasteiger partial charge in [0.25, 0.3) is 0 Å². The lowest BCUT2D eigenvalue weighted by Crippen LogP contribution is -2.10. The van der Waals surface area contributed by atoms with E-state index in [-0.39, 0.29) is 0 Å². The Morgan fingerprint density at radius 1 is 2.00 bits per heavy atom. The highest BCUT2D eigenvalue weighted by Crippen LogP contribution is 1.44. The highest BCUT2D eigenvalue weighted by molar-refractivity contribution is 6.13. The molecular formula is CH5ClN2. The predicted octanol–water partition coefficient (Wildman–Crippen LogP) is -0.354. The molecule has 0 spiro atoms. The number of hydrogen-bond acceptors (Lipinski definition) is 2. The zero-order valence-corrected chi connectivity index (χ0v) is 2.92. The van der Waals surface area contributed by atoms with Crippen LogP contribution in [0, 0.1) is 0 Å². The summed E-state index contributed by atoms with van der Waals surface area (Å²) in [6.45, 7) is 0.335. The average Bonchev–Trinajstić information content (AvgIpc) is 1.37. The van der Waals surface area contributed by atoms with Crippen molar-refractivity contribution >= 4 is 11.8 Å². The molecule has 26 valence electrons. The summed E-state index contributed by atoms with van der Waals surface area (Å²) < 4.78 is 0. The van der Waals surface area contributed by atoms with Crippen molar-refractivity contribution in [2.45, 2.75) is 0 Å². The van der Waals surface area contributed by atoms with Gasteiger partial charge in [-0.3, -0.25) is 0 Å². The van der Waals surface area contributed by atoms with Gasteiger partial charge < -0.3 is 5.73 Å². The van der Waals surface area contributed by atoms with Gasteiger partial charge in [-0.15, -0.1) is 0 Å². The third-order valence-corrected chi connectivity index (χ3v) is 0.231. The molecule has 0 atom stereocenters. The van der Waals surface area contributed by atoms with Gasteiger partial charge in [0, 0.05) is 0 Å².